The number of rotatable bonds is 5. The Morgan fingerprint density at radius 2 is 2.03 bits per heavy atom. The van der Waals surface area contributed by atoms with Crippen molar-refractivity contribution in [1.82, 2.24) is 9.97 Å². The summed E-state index contributed by atoms with van der Waals surface area (Å²) in [4.78, 5) is 34.8. The van der Waals surface area contributed by atoms with Crippen LogP contribution in [0.1, 0.15) is 12.8 Å². The predicted octanol–water partition coefficient (Wildman–Crippen LogP) is 2.80. The molecular formula is C22H24N4O4. The first-order valence-electron chi connectivity index (χ1n) is 9.86. The van der Waals surface area contributed by atoms with Gasteiger partial charge in [0.2, 0.25) is 5.91 Å². The third-order valence-electron chi connectivity index (χ3n) is 5.34. The fourth-order valence-corrected chi connectivity index (χ4v) is 3.75. The highest BCUT2D eigenvalue weighted by molar-refractivity contribution is 5.94. The molecule has 2 heterocycles. The SMILES string of the molecule is COc1ccc(NC(=O)C2CCCN(c3nc4ccccc4[nH]c3=O)C2)c(OC)c1. The number of nitrogens with one attached hydrogen (secondary N) is 2. The molecule has 1 amide bonds. The second-order valence-corrected chi connectivity index (χ2v) is 7.25. The van der Waals surface area contributed by atoms with Crippen LogP contribution in [0.15, 0.2) is 47.3 Å². The Kier molecular flexibility index (Phi) is 5.56. The number of ether oxygens (including phenoxy) is 2. The fraction of sp³-hybridized carbons (Fsp3) is 0.318. The number of anilines is 2. The molecule has 30 heavy (non-hydrogen) atoms. The Labute approximate surface area is 173 Å². The number of hydrogen-bond acceptors (Lipinski definition) is 6. The van der Waals surface area contributed by atoms with Crippen LogP contribution in [-0.4, -0.2) is 43.2 Å². The monoisotopic (exact) mass is 408 g/mol. The number of carbonyl (C=O) groups excluding carboxylic acids is 1. The van der Waals surface area contributed by atoms with E-state index in [1.165, 1.54) is 0 Å². The van der Waals surface area contributed by atoms with Gasteiger partial charge in [-0.3, -0.25) is 9.59 Å². The Morgan fingerprint density at radius 3 is 2.83 bits per heavy atom. The van der Waals surface area contributed by atoms with Crippen LogP contribution in [0.2, 0.25) is 0 Å². The average molecular weight is 408 g/mol. The highest BCUT2D eigenvalue weighted by atomic mass is 16.5. The van der Waals surface area contributed by atoms with Gasteiger partial charge in [0.1, 0.15) is 11.5 Å². The van der Waals surface area contributed by atoms with Gasteiger partial charge in [-0.25, -0.2) is 4.98 Å². The van der Waals surface area contributed by atoms with E-state index >= 15 is 0 Å². The van der Waals surface area contributed by atoms with Crippen LogP contribution in [0.25, 0.3) is 11.0 Å². The number of para-hydroxylation sites is 2. The third-order valence-corrected chi connectivity index (χ3v) is 5.34. The van der Waals surface area contributed by atoms with Gasteiger partial charge in [-0.2, -0.15) is 0 Å². The van der Waals surface area contributed by atoms with Crippen molar-refractivity contribution in [2.24, 2.45) is 5.92 Å². The van der Waals surface area contributed by atoms with E-state index in [4.69, 9.17) is 9.47 Å². The van der Waals surface area contributed by atoms with Crippen molar-refractivity contribution in [2.45, 2.75) is 12.8 Å². The van der Waals surface area contributed by atoms with Crippen molar-refractivity contribution in [1.29, 1.82) is 0 Å². The smallest absolute Gasteiger partial charge is 0.291 e. The van der Waals surface area contributed by atoms with Gasteiger partial charge >= 0.3 is 0 Å². The van der Waals surface area contributed by atoms with Crippen molar-refractivity contribution in [3.8, 4) is 11.5 Å². The number of aromatic nitrogens is 2. The zero-order valence-corrected chi connectivity index (χ0v) is 17.0. The van der Waals surface area contributed by atoms with Gasteiger partial charge in [-0.1, -0.05) is 12.1 Å². The summed E-state index contributed by atoms with van der Waals surface area (Å²) in [5.74, 6) is 1.16. The molecule has 0 spiro atoms. The number of carbonyl (C=O) groups is 1. The van der Waals surface area contributed by atoms with Crippen LogP contribution in [0, 0.1) is 5.92 Å². The van der Waals surface area contributed by atoms with E-state index in [2.05, 4.69) is 15.3 Å². The molecule has 2 aromatic carbocycles. The number of amides is 1. The first-order chi connectivity index (χ1) is 14.6. The van der Waals surface area contributed by atoms with Crippen LogP contribution in [-0.2, 0) is 4.79 Å². The van der Waals surface area contributed by atoms with Crippen LogP contribution in [0.3, 0.4) is 0 Å². The second-order valence-electron chi connectivity index (χ2n) is 7.25. The van der Waals surface area contributed by atoms with E-state index in [1.54, 1.807) is 32.4 Å². The number of H-pyrrole nitrogens is 1. The molecule has 1 atom stereocenters. The molecule has 1 aliphatic heterocycles. The quantitative estimate of drug-likeness (QED) is 0.674. The number of nitrogens with zero attached hydrogens (tertiary/aromatic N) is 2. The molecule has 0 bridgehead atoms. The summed E-state index contributed by atoms with van der Waals surface area (Å²) in [6, 6.07) is 12.7. The molecule has 1 unspecified atom stereocenters. The van der Waals surface area contributed by atoms with Crippen LogP contribution >= 0.6 is 0 Å². The molecule has 1 aromatic heterocycles. The predicted molar refractivity (Wildman–Crippen MR) is 115 cm³/mol. The van der Waals surface area contributed by atoms with Gasteiger partial charge in [0.25, 0.3) is 5.56 Å². The molecule has 156 valence electrons. The summed E-state index contributed by atoms with van der Waals surface area (Å²) >= 11 is 0. The third kappa shape index (κ3) is 3.94. The van der Waals surface area contributed by atoms with Crippen molar-refractivity contribution in [3.05, 3.63) is 52.8 Å². The molecule has 1 saturated heterocycles. The van der Waals surface area contributed by atoms with E-state index in [-0.39, 0.29) is 17.4 Å². The van der Waals surface area contributed by atoms with Gasteiger partial charge in [0.15, 0.2) is 5.82 Å². The number of methoxy groups -OCH3 is 2. The lowest BCUT2D eigenvalue weighted by atomic mass is 9.97. The molecule has 8 heteroatoms. The van der Waals surface area contributed by atoms with Crippen LogP contribution < -0.4 is 25.2 Å². The maximum atomic E-state index is 12.9. The van der Waals surface area contributed by atoms with E-state index < -0.39 is 0 Å². The van der Waals surface area contributed by atoms with Crippen LogP contribution in [0.5, 0.6) is 11.5 Å². The van der Waals surface area contributed by atoms with E-state index in [9.17, 15) is 9.59 Å². The molecule has 1 aliphatic rings. The summed E-state index contributed by atoms with van der Waals surface area (Å²) in [6.45, 7) is 1.11. The molecular weight excluding hydrogens is 384 g/mol. The standard InChI is InChI=1S/C22H24N4O4/c1-29-15-9-10-18(19(12-15)30-2)25-21(27)14-6-5-11-26(13-14)20-22(28)24-17-8-4-3-7-16(17)23-20/h3-4,7-10,12,14H,5-6,11,13H2,1-2H3,(H,24,28)(H,25,27). The summed E-state index contributed by atoms with van der Waals surface area (Å²) in [6.07, 6.45) is 1.54. The molecule has 2 N–H and O–H groups in total. The normalized spacial score (nSPS) is 16.3. The van der Waals surface area contributed by atoms with Gasteiger partial charge < -0.3 is 24.7 Å². The van der Waals surface area contributed by atoms with Crippen molar-refractivity contribution >= 4 is 28.4 Å². The number of benzene rings is 2. The van der Waals surface area contributed by atoms with E-state index in [1.807, 2.05) is 29.2 Å². The topological polar surface area (TPSA) is 96.5 Å². The largest absolute Gasteiger partial charge is 0.497 e. The summed E-state index contributed by atoms with van der Waals surface area (Å²) < 4.78 is 10.6. The minimum atomic E-state index is -0.266. The lowest BCUT2D eigenvalue weighted by molar-refractivity contribution is -0.120. The van der Waals surface area contributed by atoms with E-state index in [0.717, 1.165) is 18.4 Å². The molecule has 3 aromatic rings. The fourth-order valence-electron chi connectivity index (χ4n) is 3.75. The summed E-state index contributed by atoms with van der Waals surface area (Å²) in [5, 5.41) is 2.95. The first kappa shape index (κ1) is 19.8. The summed E-state index contributed by atoms with van der Waals surface area (Å²) in [5.41, 5.74) is 1.76. The molecule has 0 radical (unpaired) electrons. The van der Waals surface area contributed by atoms with Crippen LogP contribution in [0.4, 0.5) is 11.5 Å². The number of piperidine rings is 1. The average Bonchev–Trinajstić information content (AvgIpc) is 2.78. The zero-order valence-electron chi connectivity index (χ0n) is 17.0. The van der Waals surface area contributed by atoms with Crippen molar-refractivity contribution < 1.29 is 14.3 Å². The number of aromatic amines is 1. The van der Waals surface area contributed by atoms with Gasteiger partial charge in [0, 0.05) is 19.2 Å². The molecule has 1 fully saturated rings. The van der Waals surface area contributed by atoms with Gasteiger partial charge in [0.05, 0.1) is 36.9 Å². The first-order valence-corrected chi connectivity index (χ1v) is 9.86. The van der Waals surface area contributed by atoms with Crippen molar-refractivity contribution in [3.63, 3.8) is 0 Å². The maximum Gasteiger partial charge on any atom is 0.291 e. The highest BCUT2D eigenvalue weighted by Gasteiger charge is 2.28. The number of fused-ring (bicyclic) bond motifs is 1. The van der Waals surface area contributed by atoms with Crippen molar-refractivity contribution in [2.75, 3.05) is 37.5 Å². The lowest BCUT2D eigenvalue weighted by Gasteiger charge is -2.32. The van der Waals surface area contributed by atoms with E-state index in [0.29, 0.717) is 41.6 Å². The second kappa shape index (κ2) is 8.44. The minimum Gasteiger partial charge on any atom is -0.497 e. The molecule has 0 aliphatic carbocycles. The summed E-state index contributed by atoms with van der Waals surface area (Å²) in [7, 11) is 3.12. The highest BCUT2D eigenvalue weighted by Crippen LogP contribution is 2.30. The van der Waals surface area contributed by atoms with Gasteiger partial charge in [-0.05, 0) is 37.1 Å². The zero-order chi connectivity index (χ0) is 21.1. The lowest BCUT2D eigenvalue weighted by Crippen LogP contribution is -2.43. The Balaban J connectivity index is 1.52. The molecule has 0 saturated carbocycles. The minimum absolute atomic E-state index is 0.111. The number of hydrogen-bond donors (Lipinski definition) is 2. The Bertz CT molecular complexity index is 1130. The Hall–Kier alpha value is -3.55. The molecule has 8 nitrogen and oxygen atoms in total. The molecule has 4 rings (SSSR count). The van der Waals surface area contributed by atoms with Gasteiger partial charge in [-0.15, -0.1) is 0 Å². The maximum absolute atomic E-state index is 12.9. The Morgan fingerprint density at radius 1 is 1.20 bits per heavy atom.